The van der Waals surface area contributed by atoms with E-state index >= 15 is 0 Å². The minimum absolute atomic E-state index is 0.0176. The number of imidazole rings is 1. The van der Waals surface area contributed by atoms with E-state index in [-0.39, 0.29) is 30.1 Å². The van der Waals surface area contributed by atoms with Gasteiger partial charge in [-0.05, 0) is 109 Å². The number of hydrogen-bond acceptors (Lipinski definition) is 7. The third-order valence-corrected chi connectivity index (χ3v) is 9.72. The van der Waals surface area contributed by atoms with E-state index in [9.17, 15) is 18.1 Å². The standard InChI is InChI=1S/C38H48F2N3O6P/c1-12-38(39,40)28-17-14-18-29(22-28)41-35(44)33-26(4)43(23-47-50(45,48-36(5,6)7)49-37(8,9)10)34(42-33)27-19-20-31(46-11)30(21-27)32-24(2)15-13-16-25(32)3/h13-22H,12,23H2,1-11H3,(H,41,44). The molecule has 0 aliphatic rings. The third kappa shape index (κ3) is 9.26. The number of phosphoric acid groups is 1. The maximum atomic E-state index is 14.5. The fourth-order valence-electron chi connectivity index (χ4n) is 5.50. The number of anilines is 1. The lowest BCUT2D eigenvalue weighted by molar-refractivity contribution is -0.00861. The topological polar surface area (TPSA) is 101 Å². The SMILES string of the molecule is CCC(F)(F)c1cccc(NC(=O)c2nc(-c3ccc(OC)c(-c4c(C)cccc4C)c3)n(COP(=O)(OC(C)(C)C)OC(C)(C)C)c2C)c1. The number of hydrogen-bond donors (Lipinski definition) is 1. The Morgan fingerprint density at radius 3 is 2.06 bits per heavy atom. The van der Waals surface area contributed by atoms with Crippen molar-refractivity contribution in [2.75, 3.05) is 12.4 Å². The van der Waals surface area contributed by atoms with E-state index in [1.165, 1.54) is 31.2 Å². The van der Waals surface area contributed by atoms with Gasteiger partial charge in [0, 0.05) is 28.8 Å². The number of nitrogens with one attached hydrogen (secondary N) is 1. The van der Waals surface area contributed by atoms with E-state index in [0.29, 0.717) is 22.8 Å². The molecule has 270 valence electrons. The molecule has 12 heteroatoms. The Hall–Kier alpha value is -3.89. The summed E-state index contributed by atoms with van der Waals surface area (Å²) in [5, 5.41) is 2.72. The molecule has 1 heterocycles. The molecule has 50 heavy (non-hydrogen) atoms. The lowest BCUT2D eigenvalue weighted by Crippen LogP contribution is -2.25. The van der Waals surface area contributed by atoms with Crippen LogP contribution >= 0.6 is 7.82 Å². The molecular formula is C38H48F2N3O6P. The van der Waals surface area contributed by atoms with Crippen LogP contribution in [-0.2, 0) is 30.8 Å². The molecule has 0 aliphatic heterocycles. The Labute approximate surface area is 293 Å². The molecule has 0 spiro atoms. The van der Waals surface area contributed by atoms with Crippen molar-refractivity contribution in [2.24, 2.45) is 0 Å². The van der Waals surface area contributed by atoms with Crippen molar-refractivity contribution in [1.29, 1.82) is 0 Å². The second-order valence-electron chi connectivity index (χ2n) is 14.2. The zero-order valence-corrected chi connectivity index (χ0v) is 31.6. The van der Waals surface area contributed by atoms with Gasteiger partial charge in [0.25, 0.3) is 11.8 Å². The van der Waals surface area contributed by atoms with Crippen molar-refractivity contribution in [3.8, 4) is 28.3 Å². The number of aromatic nitrogens is 2. The number of rotatable bonds is 12. The molecule has 1 aromatic heterocycles. The van der Waals surface area contributed by atoms with Crippen molar-refractivity contribution in [3.63, 3.8) is 0 Å². The average Bonchev–Trinajstić information content (AvgIpc) is 3.34. The molecule has 0 fully saturated rings. The summed E-state index contributed by atoms with van der Waals surface area (Å²) in [6.07, 6.45) is -0.384. The molecular weight excluding hydrogens is 663 g/mol. The first-order valence-corrected chi connectivity index (χ1v) is 17.9. The van der Waals surface area contributed by atoms with Crippen molar-refractivity contribution >= 4 is 19.4 Å². The van der Waals surface area contributed by atoms with Gasteiger partial charge in [0.05, 0.1) is 24.0 Å². The normalized spacial score (nSPS) is 12.7. The summed E-state index contributed by atoms with van der Waals surface area (Å²) in [6.45, 7) is 17.2. The molecule has 0 atom stereocenters. The number of aryl methyl sites for hydroxylation is 2. The van der Waals surface area contributed by atoms with Gasteiger partial charge in [0.15, 0.2) is 0 Å². The van der Waals surface area contributed by atoms with E-state index in [1.54, 1.807) is 60.1 Å². The highest BCUT2D eigenvalue weighted by Gasteiger charge is 2.38. The van der Waals surface area contributed by atoms with E-state index in [4.69, 9.17) is 23.3 Å². The van der Waals surface area contributed by atoms with Gasteiger partial charge >= 0.3 is 7.82 Å². The summed E-state index contributed by atoms with van der Waals surface area (Å²) in [6, 6.07) is 17.1. The third-order valence-electron chi connectivity index (χ3n) is 7.75. The largest absolute Gasteiger partial charge is 0.496 e. The molecule has 0 unspecified atom stereocenters. The number of methoxy groups -OCH3 is 1. The number of carbonyl (C=O) groups is 1. The van der Waals surface area contributed by atoms with Gasteiger partial charge in [-0.3, -0.25) is 18.4 Å². The first-order chi connectivity index (χ1) is 23.2. The lowest BCUT2D eigenvalue weighted by Gasteiger charge is -2.31. The zero-order chi connectivity index (χ0) is 37.2. The average molecular weight is 712 g/mol. The van der Waals surface area contributed by atoms with E-state index in [1.807, 2.05) is 50.2 Å². The number of alkyl halides is 2. The Balaban J connectivity index is 1.86. The van der Waals surface area contributed by atoms with Gasteiger partial charge in [-0.25, -0.2) is 18.3 Å². The number of halogens is 2. The number of nitrogens with zero attached hydrogens (tertiary/aromatic N) is 2. The van der Waals surface area contributed by atoms with Crippen molar-refractivity contribution in [3.05, 3.63) is 88.7 Å². The second-order valence-corrected chi connectivity index (χ2v) is 15.7. The predicted molar refractivity (Wildman–Crippen MR) is 193 cm³/mol. The number of ether oxygens (including phenoxy) is 1. The highest BCUT2D eigenvalue weighted by molar-refractivity contribution is 7.48. The van der Waals surface area contributed by atoms with Crippen LogP contribution in [0.2, 0.25) is 0 Å². The van der Waals surface area contributed by atoms with Gasteiger partial charge in [-0.1, -0.05) is 37.3 Å². The van der Waals surface area contributed by atoms with Gasteiger partial charge in [-0.15, -0.1) is 0 Å². The molecule has 0 saturated heterocycles. The quantitative estimate of drug-likeness (QED) is 0.146. The molecule has 1 N–H and O–H groups in total. The Morgan fingerprint density at radius 1 is 0.900 bits per heavy atom. The first kappa shape index (κ1) is 38.9. The van der Waals surface area contributed by atoms with Gasteiger partial charge in [0.2, 0.25) is 0 Å². The Kier molecular flexibility index (Phi) is 11.5. The van der Waals surface area contributed by atoms with Crippen LogP contribution in [0.15, 0.2) is 60.7 Å². The summed E-state index contributed by atoms with van der Waals surface area (Å²) in [4.78, 5) is 18.5. The van der Waals surface area contributed by atoms with Crippen molar-refractivity contribution < 1.29 is 36.4 Å². The monoisotopic (exact) mass is 711 g/mol. The van der Waals surface area contributed by atoms with E-state index < -0.39 is 30.9 Å². The number of amides is 1. The molecule has 1 amide bonds. The molecule has 4 rings (SSSR count). The second kappa shape index (κ2) is 14.8. The number of carbonyl (C=O) groups excluding carboxylic acids is 1. The molecule has 0 saturated carbocycles. The molecule has 3 aromatic carbocycles. The fraction of sp³-hybridized carbons (Fsp3) is 0.421. The van der Waals surface area contributed by atoms with E-state index in [2.05, 4.69) is 5.32 Å². The first-order valence-electron chi connectivity index (χ1n) is 16.4. The molecule has 0 radical (unpaired) electrons. The fourth-order valence-corrected chi connectivity index (χ4v) is 7.24. The Bertz CT molecular complexity index is 1870. The summed E-state index contributed by atoms with van der Waals surface area (Å²) < 4.78 is 68.0. The minimum atomic E-state index is -4.18. The summed E-state index contributed by atoms with van der Waals surface area (Å²) >= 11 is 0. The van der Waals surface area contributed by atoms with Crippen LogP contribution in [-0.4, -0.2) is 33.8 Å². The zero-order valence-electron chi connectivity index (χ0n) is 30.7. The Morgan fingerprint density at radius 2 is 1.50 bits per heavy atom. The van der Waals surface area contributed by atoms with Crippen molar-refractivity contribution in [2.45, 2.75) is 99.5 Å². The molecule has 0 aliphatic carbocycles. The van der Waals surface area contributed by atoms with Crippen LogP contribution in [0.25, 0.3) is 22.5 Å². The van der Waals surface area contributed by atoms with Crippen LogP contribution in [0.3, 0.4) is 0 Å². The van der Waals surface area contributed by atoms with Crippen LogP contribution in [0, 0.1) is 20.8 Å². The van der Waals surface area contributed by atoms with E-state index in [0.717, 1.165) is 22.3 Å². The summed E-state index contributed by atoms with van der Waals surface area (Å²) in [5.74, 6) is -2.71. The van der Waals surface area contributed by atoms with Crippen LogP contribution in [0.1, 0.15) is 87.8 Å². The highest BCUT2D eigenvalue weighted by atomic mass is 31.2. The van der Waals surface area contributed by atoms with Crippen molar-refractivity contribution in [1.82, 2.24) is 9.55 Å². The predicted octanol–water partition coefficient (Wildman–Crippen LogP) is 10.6. The van der Waals surface area contributed by atoms with Gasteiger partial charge < -0.3 is 14.6 Å². The maximum Gasteiger partial charge on any atom is 0.477 e. The minimum Gasteiger partial charge on any atom is -0.496 e. The maximum absolute atomic E-state index is 14.5. The van der Waals surface area contributed by atoms with Crippen LogP contribution in [0.4, 0.5) is 14.5 Å². The lowest BCUT2D eigenvalue weighted by atomic mass is 9.93. The van der Waals surface area contributed by atoms with Gasteiger partial charge in [0.1, 0.15) is 24.0 Å². The molecule has 0 bridgehead atoms. The van der Waals surface area contributed by atoms with Crippen LogP contribution in [0.5, 0.6) is 5.75 Å². The van der Waals surface area contributed by atoms with Crippen LogP contribution < -0.4 is 10.1 Å². The smallest absolute Gasteiger partial charge is 0.477 e. The number of phosphoric ester groups is 1. The molecule has 9 nitrogen and oxygen atoms in total. The highest BCUT2D eigenvalue weighted by Crippen LogP contribution is 2.56. The van der Waals surface area contributed by atoms with Gasteiger partial charge in [-0.2, -0.15) is 0 Å². The summed E-state index contributed by atoms with van der Waals surface area (Å²) in [7, 11) is -2.58. The summed E-state index contributed by atoms with van der Waals surface area (Å²) in [5.41, 5.74) is 3.11. The number of benzene rings is 3. The molecule has 4 aromatic rings.